The van der Waals surface area contributed by atoms with Crippen LogP contribution in [0.2, 0.25) is 0 Å². The maximum Gasteiger partial charge on any atom is 0.0624 e. The molecular formula is C7H16N2O. The molecule has 2 atom stereocenters. The van der Waals surface area contributed by atoms with Crippen LogP contribution in [0.4, 0.5) is 0 Å². The molecule has 3 nitrogen and oxygen atoms in total. The fourth-order valence-corrected chi connectivity index (χ4v) is 1.25. The van der Waals surface area contributed by atoms with Gasteiger partial charge < -0.3 is 15.8 Å². The van der Waals surface area contributed by atoms with Crippen molar-refractivity contribution in [1.29, 1.82) is 0 Å². The van der Waals surface area contributed by atoms with Gasteiger partial charge in [0.25, 0.3) is 0 Å². The molecule has 1 aliphatic heterocycles. The van der Waals surface area contributed by atoms with Crippen molar-refractivity contribution in [2.45, 2.75) is 25.5 Å². The SMILES string of the molecule is CC1CC(NCCN)CO1. The minimum Gasteiger partial charge on any atom is -0.377 e. The van der Waals surface area contributed by atoms with Crippen LogP contribution in [0.15, 0.2) is 0 Å². The molecule has 0 aliphatic carbocycles. The van der Waals surface area contributed by atoms with E-state index in [1.165, 1.54) is 0 Å². The van der Waals surface area contributed by atoms with Gasteiger partial charge in [0.05, 0.1) is 12.7 Å². The highest BCUT2D eigenvalue weighted by molar-refractivity contribution is 4.75. The van der Waals surface area contributed by atoms with Crippen LogP contribution < -0.4 is 11.1 Å². The molecule has 0 bridgehead atoms. The largest absolute Gasteiger partial charge is 0.377 e. The maximum atomic E-state index is 5.36. The number of hydrogen-bond acceptors (Lipinski definition) is 3. The van der Waals surface area contributed by atoms with Crippen molar-refractivity contribution in [3.8, 4) is 0 Å². The van der Waals surface area contributed by atoms with Crippen LogP contribution >= 0.6 is 0 Å². The first-order chi connectivity index (χ1) is 4.83. The van der Waals surface area contributed by atoms with Crippen molar-refractivity contribution >= 4 is 0 Å². The molecule has 3 heteroatoms. The van der Waals surface area contributed by atoms with Crippen LogP contribution in [-0.2, 0) is 4.74 Å². The van der Waals surface area contributed by atoms with Gasteiger partial charge in [0.2, 0.25) is 0 Å². The van der Waals surface area contributed by atoms with E-state index in [-0.39, 0.29) is 0 Å². The molecule has 0 aromatic heterocycles. The van der Waals surface area contributed by atoms with E-state index in [2.05, 4.69) is 12.2 Å². The Balaban J connectivity index is 2.06. The Labute approximate surface area is 61.9 Å². The lowest BCUT2D eigenvalue weighted by Gasteiger charge is -2.07. The van der Waals surface area contributed by atoms with Crippen LogP contribution in [0.5, 0.6) is 0 Å². The Morgan fingerprint density at radius 3 is 3.00 bits per heavy atom. The second-order valence-corrected chi connectivity index (χ2v) is 2.82. The van der Waals surface area contributed by atoms with Gasteiger partial charge in [-0.25, -0.2) is 0 Å². The second kappa shape index (κ2) is 3.91. The van der Waals surface area contributed by atoms with Crippen molar-refractivity contribution in [3.05, 3.63) is 0 Å². The van der Waals surface area contributed by atoms with E-state index in [4.69, 9.17) is 10.5 Å². The summed E-state index contributed by atoms with van der Waals surface area (Å²) >= 11 is 0. The fourth-order valence-electron chi connectivity index (χ4n) is 1.25. The van der Waals surface area contributed by atoms with E-state index in [9.17, 15) is 0 Å². The van der Waals surface area contributed by atoms with Crippen LogP contribution in [0, 0.1) is 0 Å². The normalized spacial score (nSPS) is 33.0. The van der Waals surface area contributed by atoms with Gasteiger partial charge >= 0.3 is 0 Å². The summed E-state index contributed by atoms with van der Waals surface area (Å²) in [6.45, 7) is 4.57. The molecule has 0 radical (unpaired) electrons. The number of nitrogens with two attached hydrogens (primary N) is 1. The minimum absolute atomic E-state index is 0.426. The molecule has 0 saturated carbocycles. The molecule has 1 heterocycles. The van der Waals surface area contributed by atoms with E-state index >= 15 is 0 Å². The summed E-state index contributed by atoms with van der Waals surface area (Å²) in [5.74, 6) is 0. The Hall–Kier alpha value is -0.120. The highest BCUT2D eigenvalue weighted by Crippen LogP contribution is 2.11. The second-order valence-electron chi connectivity index (χ2n) is 2.82. The molecule has 0 spiro atoms. The summed E-state index contributed by atoms with van der Waals surface area (Å²) in [4.78, 5) is 0. The van der Waals surface area contributed by atoms with Crippen molar-refractivity contribution in [3.63, 3.8) is 0 Å². The zero-order valence-corrected chi connectivity index (χ0v) is 6.47. The van der Waals surface area contributed by atoms with Crippen molar-refractivity contribution in [2.24, 2.45) is 5.73 Å². The third-order valence-corrected chi connectivity index (χ3v) is 1.78. The summed E-state index contributed by atoms with van der Waals surface area (Å²) in [6, 6.07) is 0.540. The summed E-state index contributed by atoms with van der Waals surface area (Å²) < 4.78 is 5.36. The van der Waals surface area contributed by atoms with E-state index in [0.29, 0.717) is 18.7 Å². The molecule has 0 aromatic rings. The molecule has 2 unspecified atom stereocenters. The van der Waals surface area contributed by atoms with Crippen LogP contribution in [0.3, 0.4) is 0 Å². The van der Waals surface area contributed by atoms with Gasteiger partial charge in [-0.2, -0.15) is 0 Å². The van der Waals surface area contributed by atoms with Crippen LogP contribution in [-0.4, -0.2) is 31.8 Å². The lowest BCUT2D eigenvalue weighted by atomic mass is 10.2. The van der Waals surface area contributed by atoms with Gasteiger partial charge in [0, 0.05) is 19.1 Å². The van der Waals surface area contributed by atoms with Crippen LogP contribution in [0.1, 0.15) is 13.3 Å². The van der Waals surface area contributed by atoms with Crippen molar-refractivity contribution in [1.82, 2.24) is 5.32 Å². The summed E-state index contributed by atoms with van der Waals surface area (Å²) in [5.41, 5.74) is 5.34. The first kappa shape index (κ1) is 7.98. The standard InChI is InChI=1S/C7H16N2O/c1-6-4-7(5-10-6)9-3-2-8/h6-7,9H,2-5,8H2,1H3. The maximum absolute atomic E-state index is 5.36. The van der Waals surface area contributed by atoms with Gasteiger partial charge in [0.15, 0.2) is 0 Å². The number of nitrogens with one attached hydrogen (secondary N) is 1. The molecule has 1 fully saturated rings. The zero-order chi connectivity index (χ0) is 7.40. The molecule has 60 valence electrons. The Morgan fingerprint density at radius 1 is 1.70 bits per heavy atom. The highest BCUT2D eigenvalue weighted by atomic mass is 16.5. The average molecular weight is 144 g/mol. The average Bonchev–Trinajstić information content (AvgIpc) is 2.31. The smallest absolute Gasteiger partial charge is 0.0624 e. The molecule has 0 aromatic carbocycles. The third kappa shape index (κ3) is 2.25. The lowest BCUT2D eigenvalue weighted by molar-refractivity contribution is 0.122. The van der Waals surface area contributed by atoms with E-state index < -0.39 is 0 Å². The molecule has 3 N–H and O–H groups in total. The Kier molecular flexibility index (Phi) is 3.12. The van der Waals surface area contributed by atoms with Gasteiger partial charge in [-0.3, -0.25) is 0 Å². The summed E-state index contributed by atoms with van der Waals surface area (Å²) in [5, 5.41) is 3.31. The van der Waals surface area contributed by atoms with Gasteiger partial charge in [-0.1, -0.05) is 0 Å². The molecular weight excluding hydrogens is 128 g/mol. The van der Waals surface area contributed by atoms with Gasteiger partial charge in [0.1, 0.15) is 0 Å². The lowest BCUT2D eigenvalue weighted by Crippen LogP contribution is -2.33. The van der Waals surface area contributed by atoms with Crippen molar-refractivity contribution in [2.75, 3.05) is 19.7 Å². The van der Waals surface area contributed by atoms with E-state index in [0.717, 1.165) is 19.6 Å². The third-order valence-electron chi connectivity index (χ3n) is 1.78. The van der Waals surface area contributed by atoms with Crippen LogP contribution in [0.25, 0.3) is 0 Å². The Morgan fingerprint density at radius 2 is 2.50 bits per heavy atom. The summed E-state index contributed by atoms with van der Waals surface area (Å²) in [6.07, 6.45) is 1.55. The number of hydrogen-bond donors (Lipinski definition) is 2. The van der Waals surface area contributed by atoms with Gasteiger partial charge in [-0.15, -0.1) is 0 Å². The van der Waals surface area contributed by atoms with E-state index in [1.54, 1.807) is 0 Å². The molecule has 1 aliphatic rings. The zero-order valence-electron chi connectivity index (χ0n) is 6.47. The quantitative estimate of drug-likeness (QED) is 0.572. The predicted molar refractivity (Wildman–Crippen MR) is 40.9 cm³/mol. The summed E-state index contributed by atoms with van der Waals surface area (Å²) in [7, 11) is 0. The monoisotopic (exact) mass is 144 g/mol. The first-order valence-electron chi connectivity index (χ1n) is 3.88. The topological polar surface area (TPSA) is 47.3 Å². The van der Waals surface area contributed by atoms with Gasteiger partial charge in [-0.05, 0) is 13.3 Å². The van der Waals surface area contributed by atoms with Crippen molar-refractivity contribution < 1.29 is 4.74 Å². The molecule has 0 amide bonds. The predicted octanol–water partition coefficient (Wildman–Crippen LogP) is -0.288. The highest BCUT2D eigenvalue weighted by Gasteiger charge is 2.20. The molecule has 1 saturated heterocycles. The Bertz CT molecular complexity index is 97.6. The number of rotatable bonds is 3. The molecule has 10 heavy (non-hydrogen) atoms. The molecule has 1 rings (SSSR count). The first-order valence-corrected chi connectivity index (χ1v) is 3.88. The minimum atomic E-state index is 0.426. The fraction of sp³-hybridized carbons (Fsp3) is 1.00. The van der Waals surface area contributed by atoms with E-state index in [1.807, 2.05) is 0 Å². The number of ether oxygens (including phenoxy) is 1.